The van der Waals surface area contributed by atoms with Gasteiger partial charge in [-0.05, 0) is 28.9 Å². The highest BCUT2D eigenvalue weighted by Crippen LogP contribution is 2.18. The average Bonchev–Trinajstić information content (AvgIpc) is 1.85. The number of nitrogens with two attached hydrogens (primary N) is 1. The molecule has 0 spiro atoms. The van der Waals surface area contributed by atoms with E-state index < -0.39 is 0 Å². The molecule has 1 aromatic rings. The molecule has 44 valence electrons. The molecule has 3 heteroatoms. The summed E-state index contributed by atoms with van der Waals surface area (Å²) in [6, 6.07) is 1.94. The van der Waals surface area contributed by atoms with Crippen molar-refractivity contribution in [1.29, 1.82) is 0 Å². The van der Waals surface area contributed by atoms with Gasteiger partial charge in [0.2, 0.25) is 0 Å². The number of aryl methyl sites for hydroxylation is 1. The maximum absolute atomic E-state index is 5.44. The van der Waals surface area contributed by atoms with Gasteiger partial charge < -0.3 is 10.7 Å². The van der Waals surface area contributed by atoms with Crippen LogP contribution in [-0.4, -0.2) is 4.98 Å². The number of nitrogen functional groups attached to an aromatic ring is 1. The van der Waals surface area contributed by atoms with E-state index in [0.29, 0.717) is 5.82 Å². The molecule has 0 aromatic carbocycles. The van der Waals surface area contributed by atoms with Gasteiger partial charge in [-0.3, -0.25) is 0 Å². The summed E-state index contributed by atoms with van der Waals surface area (Å²) in [5, 5.41) is 0. The van der Waals surface area contributed by atoms with Gasteiger partial charge in [-0.25, -0.2) is 0 Å². The molecule has 0 aliphatic rings. The average molecular weight is 175 g/mol. The summed E-state index contributed by atoms with van der Waals surface area (Å²) in [7, 11) is 0. The minimum Gasteiger partial charge on any atom is -0.384 e. The molecule has 0 aliphatic heterocycles. The fraction of sp³-hybridized carbons (Fsp3) is 0.200. The second-order valence-electron chi connectivity index (χ2n) is 1.71. The van der Waals surface area contributed by atoms with Crippen molar-refractivity contribution in [2.45, 2.75) is 6.92 Å². The fourth-order valence-corrected chi connectivity index (χ4v) is 1.02. The van der Waals surface area contributed by atoms with E-state index >= 15 is 0 Å². The van der Waals surface area contributed by atoms with Gasteiger partial charge in [-0.15, -0.1) is 0 Å². The number of hydrogen-bond donors (Lipinski definition) is 2. The number of rotatable bonds is 0. The first-order valence-corrected chi connectivity index (χ1v) is 3.10. The Morgan fingerprint density at radius 2 is 2.38 bits per heavy atom. The van der Waals surface area contributed by atoms with E-state index in [9.17, 15) is 0 Å². The maximum atomic E-state index is 5.44. The number of nitrogens with one attached hydrogen (secondary N) is 1. The van der Waals surface area contributed by atoms with Crippen molar-refractivity contribution in [2.24, 2.45) is 0 Å². The summed E-state index contributed by atoms with van der Waals surface area (Å²) in [4.78, 5) is 2.94. The molecule has 0 unspecified atom stereocenters. The van der Waals surface area contributed by atoms with E-state index in [4.69, 9.17) is 5.73 Å². The molecule has 0 amide bonds. The highest BCUT2D eigenvalue weighted by Gasteiger charge is 1.94. The summed E-state index contributed by atoms with van der Waals surface area (Å²) in [6.45, 7) is 1.96. The second-order valence-corrected chi connectivity index (χ2v) is 2.57. The van der Waals surface area contributed by atoms with Crippen LogP contribution >= 0.6 is 15.9 Å². The zero-order valence-corrected chi connectivity index (χ0v) is 6.12. The van der Waals surface area contributed by atoms with Crippen LogP contribution in [0.5, 0.6) is 0 Å². The van der Waals surface area contributed by atoms with Gasteiger partial charge >= 0.3 is 0 Å². The van der Waals surface area contributed by atoms with Gasteiger partial charge in [0, 0.05) is 5.69 Å². The Labute approximate surface area is 56.2 Å². The third-order valence-corrected chi connectivity index (χ3v) is 1.59. The molecule has 8 heavy (non-hydrogen) atoms. The van der Waals surface area contributed by atoms with Gasteiger partial charge in [-0.1, -0.05) is 0 Å². The van der Waals surface area contributed by atoms with Crippen molar-refractivity contribution >= 4 is 21.7 Å². The molecular weight excluding hydrogens is 168 g/mol. The predicted octanol–water partition coefficient (Wildman–Crippen LogP) is 1.67. The molecule has 1 heterocycles. The van der Waals surface area contributed by atoms with Crippen molar-refractivity contribution < 1.29 is 0 Å². The molecule has 0 atom stereocenters. The summed E-state index contributed by atoms with van der Waals surface area (Å²) >= 11 is 3.26. The predicted molar refractivity (Wildman–Crippen MR) is 37.6 cm³/mol. The Bertz CT molecular complexity index is 173. The van der Waals surface area contributed by atoms with Crippen LogP contribution in [0.1, 0.15) is 5.69 Å². The van der Waals surface area contributed by atoms with E-state index in [-0.39, 0.29) is 0 Å². The zero-order valence-electron chi connectivity index (χ0n) is 4.53. The molecule has 1 rings (SSSR count). The standard InChI is InChI=1S/C5H7BrN2/c1-3-2-4(6)5(7)8-3/h2,8H,7H2,1H3. The number of anilines is 1. The highest BCUT2D eigenvalue weighted by molar-refractivity contribution is 9.10. The maximum Gasteiger partial charge on any atom is 0.115 e. The Kier molecular flexibility index (Phi) is 1.29. The SMILES string of the molecule is Cc1cc(Br)c(N)[nH]1. The summed E-state index contributed by atoms with van der Waals surface area (Å²) in [6.07, 6.45) is 0. The molecule has 0 radical (unpaired) electrons. The Balaban J connectivity index is 3.14. The van der Waals surface area contributed by atoms with Crippen molar-refractivity contribution in [3.8, 4) is 0 Å². The third kappa shape index (κ3) is 0.865. The number of H-pyrrole nitrogens is 1. The van der Waals surface area contributed by atoms with Crippen LogP contribution < -0.4 is 5.73 Å². The van der Waals surface area contributed by atoms with Gasteiger partial charge in [-0.2, -0.15) is 0 Å². The van der Waals surface area contributed by atoms with Crippen molar-refractivity contribution in [3.63, 3.8) is 0 Å². The smallest absolute Gasteiger partial charge is 0.115 e. The topological polar surface area (TPSA) is 41.8 Å². The van der Waals surface area contributed by atoms with E-state index in [0.717, 1.165) is 10.2 Å². The Morgan fingerprint density at radius 3 is 2.50 bits per heavy atom. The first kappa shape index (κ1) is 5.69. The number of aromatic nitrogens is 1. The van der Waals surface area contributed by atoms with Crippen molar-refractivity contribution in [3.05, 3.63) is 16.2 Å². The minimum absolute atomic E-state index is 0.697. The van der Waals surface area contributed by atoms with Crippen LogP contribution in [0.2, 0.25) is 0 Å². The van der Waals surface area contributed by atoms with Gasteiger partial charge in [0.15, 0.2) is 0 Å². The fourth-order valence-electron chi connectivity index (χ4n) is 0.576. The van der Waals surface area contributed by atoms with Gasteiger partial charge in [0.1, 0.15) is 5.82 Å². The molecule has 0 saturated heterocycles. The second kappa shape index (κ2) is 1.82. The zero-order chi connectivity index (χ0) is 6.15. The first-order chi connectivity index (χ1) is 3.70. The highest BCUT2D eigenvalue weighted by atomic mass is 79.9. The molecule has 0 aliphatic carbocycles. The van der Waals surface area contributed by atoms with Crippen molar-refractivity contribution in [1.82, 2.24) is 4.98 Å². The van der Waals surface area contributed by atoms with E-state index in [1.54, 1.807) is 0 Å². The molecular formula is C5H7BrN2. The molecule has 0 fully saturated rings. The number of aromatic amines is 1. The van der Waals surface area contributed by atoms with Gasteiger partial charge in [0.25, 0.3) is 0 Å². The lowest BCUT2D eigenvalue weighted by molar-refractivity contribution is 1.27. The normalized spacial score (nSPS) is 9.75. The lowest BCUT2D eigenvalue weighted by atomic mass is 10.5. The van der Waals surface area contributed by atoms with Crippen molar-refractivity contribution in [2.75, 3.05) is 5.73 Å². The monoisotopic (exact) mass is 174 g/mol. The molecule has 3 N–H and O–H groups in total. The number of hydrogen-bond acceptors (Lipinski definition) is 1. The van der Waals surface area contributed by atoms with E-state index in [1.807, 2.05) is 13.0 Å². The van der Waals surface area contributed by atoms with Gasteiger partial charge in [0.05, 0.1) is 4.47 Å². The van der Waals surface area contributed by atoms with Crippen LogP contribution in [-0.2, 0) is 0 Å². The molecule has 0 saturated carbocycles. The molecule has 2 nitrogen and oxygen atoms in total. The Morgan fingerprint density at radius 1 is 1.75 bits per heavy atom. The quantitative estimate of drug-likeness (QED) is 0.618. The van der Waals surface area contributed by atoms with E-state index in [2.05, 4.69) is 20.9 Å². The van der Waals surface area contributed by atoms with Crippen LogP contribution in [0, 0.1) is 6.92 Å². The number of halogens is 1. The summed E-state index contributed by atoms with van der Waals surface area (Å²) < 4.78 is 0.940. The minimum atomic E-state index is 0.697. The lowest BCUT2D eigenvalue weighted by Crippen LogP contribution is -1.83. The summed E-state index contributed by atoms with van der Waals surface area (Å²) in [5.74, 6) is 0.697. The first-order valence-electron chi connectivity index (χ1n) is 2.31. The largest absolute Gasteiger partial charge is 0.384 e. The summed E-state index contributed by atoms with van der Waals surface area (Å²) in [5.41, 5.74) is 6.52. The molecule has 0 bridgehead atoms. The van der Waals surface area contributed by atoms with Crippen LogP contribution in [0.3, 0.4) is 0 Å². The van der Waals surface area contributed by atoms with E-state index in [1.165, 1.54) is 0 Å². The van der Waals surface area contributed by atoms with Crippen LogP contribution in [0.15, 0.2) is 10.5 Å². The molecule has 1 aromatic heterocycles. The van der Waals surface area contributed by atoms with Crippen LogP contribution in [0.25, 0.3) is 0 Å². The van der Waals surface area contributed by atoms with Crippen LogP contribution in [0.4, 0.5) is 5.82 Å². The third-order valence-electron chi connectivity index (χ3n) is 0.932. The Hall–Kier alpha value is -0.440. The lowest BCUT2D eigenvalue weighted by Gasteiger charge is -1.81.